The van der Waals surface area contributed by atoms with Crippen LogP contribution in [0.1, 0.15) is 58.3 Å². The number of esters is 1. The Morgan fingerprint density at radius 2 is 1.94 bits per heavy atom. The first-order chi connectivity index (χ1) is 14.3. The van der Waals surface area contributed by atoms with Crippen LogP contribution in [0.4, 0.5) is 0 Å². The van der Waals surface area contributed by atoms with Crippen LogP contribution in [0, 0.1) is 6.92 Å². The number of hydrogen-bond acceptors (Lipinski definition) is 6. The van der Waals surface area contributed by atoms with Gasteiger partial charge in [0.25, 0.3) is 0 Å². The Hall–Kier alpha value is -1.72. The zero-order chi connectivity index (χ0) is 22.1. The summed E-state index contributed by atoms with van der Waals surface area (Å²) in [6.07, 6.45) is 0. The number of halogens is 1. The molecular formula is C22H34IN5O2S. The molecular weight excluding hydrogens is 525 g/mol. The van der Waals surface area contributed by atoms with Crippen molar-refractivity contribution in [3.63, 3.8) is 0 Å². The van der Waals surface area contributed by atoms with Gasteiger partial charge in [0.15, 0.2) is 5.96 Å². The molecule has 172 valence electrons. The van der Waals surface area contributed by atoms with E-state index >= 15 is 0 Å². The van der Waals surface area contributed by atoms with E-state index in [9.17, 15) is 4.79 Å². The van der Waals surface area contributed by atoms with Crippen molar-refractivity contribution >= 4 is 47.2 Å². The van der Waals surface area contributed by atoms with Gasteiger partial charge < -0.3 is 20.3 Å². The summed E-state index contributed by atoms with van der Waals surface area (Å²) in [6.45, 7) is 10.2. The predicted octanol–water partition coefficient (Wildman–Crippen LogP) is 4.12. The molecule has 2 aromatic rings. The fraction of sp³-hybridized carbons (Fsp3) is 0.500. The van der Waals surface area contributed by atoms with Gasteiger partial charge in [-0.05, 0) is 52.9 Å². The first-order valence-electron chi connectivity index (χ1n) is 10.3. The number of benzene rings is 1. The van der Waals surface area contributed by atoms with Gasteiger partial charge in [-0.25, -0.2) is 14.8 Å². The average Bonchev–Trinajstić information content (AvgIpc) is 3.09. The number of aliphatic imine (C=N–C) groups is 1. The summed E-state index contributed by atoms with van der Waals surface area (Å²) < 4.78 is 5.12. The highest BCUT2D eigenvalue weighted by molar-refractivity contribution is 14.0. The smallest absolute Gasteiger partial charge is 0.350 e. The van der Waals surface area contributed by atoms with Crippen LogP contribution >= 0.6 is 35.3 Å². The number of nitrogens with one attached hydrogen (secondary N) is 2. The third kappa shape index (κ3) is 8.38. The lowest BCUT2D eigenvalue weighted by Gasteiger charge is -2.17. The van der Waals surface area contributed by atoms with E-state index < -0.39 is 0 Å². The lowest BCUT2D eigenvalue weighted by Crippen LogP contribution is -2.38. The maximum absolute atomic E-state index is 12.1. The largest absolute Gasteiger partial charge is 0.462 e. The molecule has 1 aromatic heterocycles. The van der Waals surface area contributed by atoms with E-state index in [0.717, 1.165) is 24.1 Å². The lowest BCUT2D eigenvalue weighted by atomic mass is 10.1. The Morgan fingerprint density at radius 1 is 1.26 bits per heavy atom. The van der Waals surface area contributed by atoms with Gasteiger partial charge in [0.05, 0.1) is 24.9 Å². The Bertz CT molecular complexity index is 869. The molecule has 0 saturated carbocycles. The van der Waals surface area contributed by atoms with Crippen LogP contribution in [0.25, 0.3) is 0 Å². The minimum absolute atomic E-state index is 0. The van der Waals surface area contributed by atoms with E-state index in [4.69, 9.17) is 9.73 Å². The van der Waals surface area contributed by atoms with Gasteiger partial charge in [0.1, 0.15) is 9.88 Å². The second-order valence-corrected chi connectivity index (χ2v) is 8.29. The Balaban J connectivity index is 0.00000480. The molecule has 0 aliphatic rings. The standard InChI is InChI=1S/C22H33N5O2S.HI/c1-7-23-22(24-13-17-11-9-10-12-18(17)14-27(5)6)26-16(4)20-25-15(3)19(30-20)21(28)29-8-2;/h9-12,16H,7-8,13-14H2,1-6H3,(H2,23,24,26);1H. The summed E-state index contributed by atoms with van der Waals surface area (Å²) in [6, 6.07) is 8.27. The summed E-state index contributed by atoms with van der Waals surface area (Å²) in [5.74, 6) is 0.402. The Morgan fingerprint density at radius 3 is 2.55 bits per heavy atom. The zero-order valence-electron chi connectivity index (χ0n) is 19.2. The molecule has 1 aromatic carbocycles. The normalized spacial score (nSPS) is 12.3. The second-order valence-electron chi connectivity index (χ2n) is 7.25. The third-order valence-corrected chi connectivity index (χ3v) is 5.67. The second kappa shape index (κ2) is 13.6. The topological polar surface area (TPSA) is 78.9 Å². The molecule has 0 bridgehead atoms. The summed E-state index contributed by atoms with van der Waals surface area (Å²) in [4.78, 5) is 24.1. The van der Waals surface area contributed by atoms with E-state index in [1.807, 2.05) is 26.8 Å². The third-order valence-electron chi connectivity index (χ3n) is 4.35. The van der Waals surface area contributed by atoms with Gasteiger partial charge >= 0.3 is 5.97 Å². The molecule has 0 fully saturated rings. The minimum Gasteiger partial charge on any atom is -0.462 e. The molecule has 7 nitrogen and oxygen atoms in total. The van der Waals surface area contributed by atoms with E-state index in [2.05, 4.69) is 52.8 Å². The maximum atomic E-state index is 12.1. The fourth-order valence-corrected chi connectivity index (χ4v) is 3.91. The van der Waals surface area contributed by atoms with Crippen LogP contribution in [-0.2, 0) is 17.8 Å². The van der Waals surface area contributed by atoms with Crippen LogP contribution in [0.2, 0.25) is 0 Å². The number of aryl methyl sites for hydroxylation is 1. The Labute approximate surface area is 206 Å². The van der Waals surface area contributed by atoms with Crippen LogP contribution in [0.5, 0.6) is 0 Å². The molecule has 2 rings (SSSR count). The molecule has 31 heavy (non-hydrogen) atoms. The highest BCUT2D eigenvalue weighted by Gasteiger charge is 2.20. The first-order valence-corrected chi connectivity index (χ1v) is 11.1. The predicted molar refractivity (Wildman–Crippen MR) is 138 cm³/mol. The van der Waals surface area contributed by atoms with Gasteiger partial charge in [0, 0.05) is 13.1 Å². The van der Waals surface area contributed by atoms with Crippen molar-refractivity contribution in [1.82, 2.24) is 20.5 Å². The number of carbonyl (C=O) groups is 1. The van der Waals surface area contributed by atoms with Crippen molar-refractivity contribution in [2.24, 2.45) is 4.99 Å². The minimum atomic E-state index is -0.316. The number of thiazole rings is 1. The monoisotopic (exact) mass is 559 g/mol. The maximum Gasteiger partial charge on any atom is 0.350 e. The highest BCUT2D eigenvalue weighted by atomic mass is 127. The van der Waals surface area contributed by atoms with E-state index in [0.29, 0.717) is 23.7 Å². The molecule has 0 saturated heterocycles. The van der Waals surface area contributed by atoms with E-state index in [1.54, 1.807) is 6.92 Å². The quantitative estimate of drug-likeness (QED) is 0.208. The number of carbonyl (C=O) groups excluding carboxylic acids is 1. The number of nitrogens with zero attached hydrogens (tertiary/aromatic N) is 3. The van der Waals surface area contributed by atoms with Crippen molar-refractivity contribution < 1.29 is 9.53 Å². The fourth-order valence-electron chi connectivity index (χ4n) is 2.95. The van der Waals surface area contributed by atoms with Crippen molar-refractivity contribution in [2.45, 2.75) is 46.8 Å². The summed E-state index contributed by atoms with van der Waals surface area (Å²) in [7, 11) is 4.13. The molecule has 0 radical (unpaired) electrons. The summed E-state index contributed by atoms with van der Waals surface area (Å²) >= 11 is 1.36. The van der Waals surface area contributed by atoms with Crippen molar-refractivity contribution in [3.8, 4) is 0 Å². The van der Waals surface area contributed by atoms with Gasteiger partial charge in [-0.2, -0.15) is 0 Å². The van der Waals surface area contributed by atoms with Gasteiger partial charge in [-0.15, -0.1) is 35.3 Å². The van der Waals surface area contributed by atoms with Crippen molar-refractivity contribution in [1.29, 1.82) is 0 Å². The molecule has 2 N–H and O–H groups in total. The molecule has 0 spiro atoms. The number of guanidine groups is 1. The van der Waals surface area contributed by atoms with Crippen LogP contribution in [-0.4, -0.2) is 49.1 Å². The SMILES string of the molecule is CCNC(=NCc1ccccc1CN(C)C)NC(C)c1nc(C)c(C(=O)OCC)s1.I. The molecule has 9 heteroatoms. The van der Waals surface area contributed by atoms with Crippen LogP contribution in [0.15, 0.2) is 29.3 Å². The molecule has 0 aliphatic carbocycles. The zero-order valence-corrected chi connectivity index (χ0v) is 22.3. The molecule has 1 atom stereocenters. The highest BCUT2D eigenvalue weighted by Crippen LogP contribution is 2.24. The number of ether oxygens (including phenoxy) is 1. The number of aromatic nitrogens is 1. The Kier molecular flexibility index (Phi) is 12.0. The molecule has 1 heterocycles. The number of rotatable bonds is 9. The van der Waals surface area contributed by atoms with Crippen LogP contribution in [0.3, 0.4) is 0 Å². The first kappa shape index (κ1) is 27.3. The lowest BCUT2D eigenvalue weighted by molar-refractivity contribution is 0.0531. The van der Waals surface area contributed by atoms with Crippen molar-refractivity contribution in [3.05, 3.63) is 51.0 Å². The molecule has 0 aliphatic heterocycles. The van der Waals surface area contributed by atoms with E-state index in [-0.39, 0.29) is 36.0 Å². The molecule has 0 amide bonds. The van der Waals surface area contributed by atoms with E-state index in [1.165, 1.54) is 22.5 Å². The number of hydrogen-bond donors (Lipinski definition) is 2. The molecule has 1 unspecified atom stereocenters. The average molecular weight is 560 g/mol. The summed E-state index contributed by atoms with van der Waals surface area (Å²) in [5.41, 5.74) is 3.16. The van der Waals surface area contributed by atoms with Gasteiger partial charge in [-0.1, -0.05) is 24.3 Å². The van der Waals surface area contributed by atoms with Crippen LogP contribution < -0.4 is 10.6 Å². The summed E-state index contributed by atoms with van der Waals surface area (Å²) in [5, 5.41) is 7.52. The van der Waals surface area contributed by atoms with Crippen molar-refractivity contribution in [2.75, 3.05) is 27.2 Å². The van der Waals surface area contributed by atoms with Gasteiger partial charge in [0.2, 0.25) is 0 Å². The van der Waals surface area contributed by atoms with Gasteiger partial charge in [-0.3, -0.25) is 0 Å².